The van der Waals surface area contributed by atoms with Crippen molar-refractivity contribution in [1.29, 1.82) is 0 Å². The highest BCUT2D eigenvalue weighted by molar-refractivity contribution is 7.89. The van der Waals surface area contributed by atoms with Gasteiger partial charge in [-0.25, -0.2) is 17.9 Å². The molecule has 0 radical (unpaired) electrons. The molecule has 0 aromatic heterocycles. The van der Waals surface area contributed by atoms with Crippen LogP contribution in [-0.2, 0) is 27.8 Å². The summed E-state index contributed by atoms with van der Waals surface area (Å²) < 4.78 is 25.7. The van der Waals surface area contributed by atoms with Crippen molar-refractivity contribution in [3.63, 3.8) is 0 Å². The molecule has 3 amide bonds. The highest BCUT2D eigenvalue weighted by Gasteiger charge is 2.11. The van der Waals surface area contributed by atoms with Gasteiger partial charge in [0.25, 0.3) is 0 Å². The summed E-state index contributed by atoms with van der Waals surface area (Å²) in [5.74, 6) is -0.0968. The van der Waals surface area contributed by atoms with E-state index in [1.807, 2.05) is 26.0 Å². The van der Waals surface area contributed by atoms with Crippen LogP contribution in [0.1, 0.15) is 31.4 Å². The van der Waals surface area contributed by atoms with Crippen LogP contribution in [0.2, 0.25) is 0 Å². The summed E-state index contributed by atoms with van der Waals surface area (Å²) in [5.41, 5.74) is 2.47. The monoisotopic (exact) mass is 432 g/mol. The number of aryl methyl sites for hydroxylation is 1. The van der Waals surface area contributed by atoms with Gasteiger partial charge in [0, 0.05) is 24.7 Å². The molecule has 0 atom stereocenters. The first kappa shape index (κ1) is 23.4. The van der Waals surface area contributed by atoms with Crippen LogP contribution in [0.4, 0.5) is 10.5 Å². The average molecular weight is 433 g/mol. The molecule has 8 nitrogen and oxygen atoms in total. The summed E-state index contributed by atoms with van der Waals surface area (Å²) in [4.78, 5) is 24.0. The Hall–Kier alpha value is -2.91. The minimum atomic E-state index is -3.46. The molecule has 0 bridgehead atoms. The molecule has 9 heteroatoms. The van der Waals surface area contributed by atoms with E-state index in [9.17, 15) is 18.0 Å². The maximum absolute atomic E-state index is 12.1. The van der Waals surface area contributed by atoms with Crippen molar-refractivity contribution in [1.82, 2.24) is 15.4 Å². The van der Waals surface area contributed by atoms with Gasteiger partial charge in [-0.2, -0.15) is 0 Å². The highest BCUT2D eigenvalue weighted by Crippen LogP contribution is 2.12. The average Bonchev–Trinajstić information content (AvgIpc) is 2.71. The first-order valence-electron chi connectivity index (χ1n) is 9.65. The van der Waals surface area contributed by atoms with Crippen molar-refractivity contribution in [2.45, 2.75) is 44.2 Å². The number of benzene rings is 2. The molecule has 0 spiro atoms. The highest BCUT2D eigenvalue weighted by atomic mass is 32.2. The van der Waals surface area contributed by atoms with E-state index in [1.165, 1.54) is 19.2 Å². The van der Waals surface area contributed by atoms with Gasteiger partial charge in [0.15, 0.2) is 0 Å². The van der Waals surface area contributed by atoms with Crippen molar-refractivity contribution < 1.29 is 18.0 Å². The molecule has 0 fully saturated rings. The molecule has 0 saturated carbocycles. The maximum atomic E-state index is 12.1. The fourth-order valence-corrected chi connectivity index (χ4v) is 3.37. The van der Waals surface area contributed by atoms with Crippen LogP contribution >= 0.6 is 0 Å². The number of carbonyl (C=O) groups excluding carboxylic acids is 2. The van der Waals surface area contributed by atoms with Crippen LogP contribution in [0.5, 0.6) is 0 Å². The smallest absolute Gasteiger partial charge is 0.319 e. The molecule has 0 aliphatic rings. The predicted octanol–water partition coefficient (Wildman–Crippen LogP) is 2.37. The Bertz CT molecular complexity index is 956. The summed E-state index contributed by atoms with van der Waals surface area (Å²) in [6.07, 6.45) is 0.812. The fraction of sp³-hybridized carbons (Fsp3) is 0.333. The predicted molar refractivity (Wildman–Crippen MR) is 117 cm³/mol. The lowest BCUT2D eigenvalue weighted by Crippen LogP contribution is -2.34. The molecule has 0 saturated heterocycles. The minimum Gasteiger partial charge on any atom is -0.352 e. The maximum Gasteiger partial charge on any atom is 0.319 e. The van der Waals surface area contributed by atoms with Crippen molar-refractivity contribution in [2.75, 3.05) is 12.4 Å². The van der Waals surface area contributed by atoms with Gasteiger partial charge >= 0.3 is 6.03 Å². The van der Waals surface area contributed by atoms with E-state index in [4.69, 9.17) is 0 Å². The number of amides is 3. The Balaban J connectivity index is 1.77. The first-order chi connectivity index (χ1) is 14.2. The summed E-state index contributed by atoms with van der Waals surface area (Å²) in [5, 5.41) is 8.34. The van der Waals surface area contributed by atoms with Crippen LogP contribution in [0.25, 0.3) is 0 Å². The Morgan fingerprint density at radius 3 is 2.10 bits per heavy atom. The van der Waals surface area contributed by atoms with Gasteiger partial charge in [-0.1, -0.05) is 24.3 Å². The fourth-order valence-electron chi connectivity index (χ4n) is 2.64. The second-order valence-electron chi connectivity index (χ2n) is 7.08. The molecular weight excluding hydrogens is 404 g/mol. The van der Waals surface area contributed by atoms with Gasteiger partial charge in [0.1, 0.15) is 0 Å². The molecule has 2 aromatic rings. The quantitative estimate of drug-likeness (QED) is 0.487. The van der Waals surface area contributed by atoms with Crippen molar-refractivity contribution in [3.05, 3.63) is 59.7 Å². The lowest BCUT2D eigenvalue weighted by atomic mass is 10.1. The van der Waals surface area contributed by atoms with Crippen LogP contribution < -0.4 is 20.7 Å². The van der Waals surface area contributed by atoms with Crippen molar-refractivity contribution in [3.8, 4) is 0 Å². The standard InChI is InChI=1S/C21H28N4O4S/c1-15(2)24-21(27)25-18-9-4-17(5-10-18)14-23-20(26)13-8-16-6-11-19(12-7-16)30(28,29)22-3/h4-7,9-12,15,22H,8,13-14H2,1-3H3,(H,23,26)(H2,24,25,27). The van der Waals surface area contributed by atoms with E-state index in [-0.39, 0.29) is 22.9 Å². The third-order valence-corrected chi connectivity index (χ3v) is 5.69. The number of nitrogens with one attached hydrogen (secondary N) is 4. The van der Waals surface area contributed by atoms with Gasteiger partial charge in [-0.15, -0.1) is 0 Å². The zero-order valence-electron chi connectivity index (χ0n) is 17.4. The third-order valence-electron chi connectivity index (χ3n) is 4.26. The molecule has 162 valence electrons. The molecule has 0 aliphatic carbocycles. The van der Waals surface area contributed by atoms with Crippen LogP contribution in [0.3, 0.4) is 0 Å². The van der Waals surface area contributed by atoms with E-state index in [0.29, 0.717) is 25.1 Å². The SMILES string of the molecule is CNS(=O)(=O)c1ccc(CCC(=O)NCc2ccc(NC(=O)NC(C)C)cc2)cc1. The van der Waals surface area contributed by atoms with Crippen LogP contribution in [0.15, 0.2) is 53.4 Å². The van der Waals surface area contributed by atoms with Crippen molar-refractivity contribution in [2.24, 2.45) is 0 Å². The van der Waals surface area contributed by atoms with E-state index >= 15 is 0 Å². The van der Waals surface area contributed by atoms with Gasteiger partial charge in [-0.05, 0) is 62.7 Å². The van der Waals surface area contributed by atoms with E-state index < -0.39 is 10.0 Å². The number of anilines is 1. The topological polar surface area (TPSA) is 116 Å². The molecule has 30 heavy (non-hydrogen) atoms. The van der Waals surface area contributed by atoms with Crippen LogP contribution in [0, 0.1) is 0 Å². The van der Waals surface area contributed by atoms with E-state index in [2.05, 4.69) is 20.7 Å². The Kier molecular flexibility index (Phi) is 8.37. The lowest BCUT2D eigenvalue weighted by Gasteiger charge is -2.11. The van der Waals surface area contributed by atoms with Gasteiger partial charge in [-0.3, -0.25) is 4.79 Å². The summed E-state index contributed by atoms with van der Waals surface area (Å²) in [6, 6.07) is 13.5. The van der Waals surface area contributed by atoms with Crippen LogP contribution in [-0.4, -0.2) is 33.4 Å². The second kappa shape index (κ2) is 10.7. The molecule has 0 unspecified atom stereocenters. The van der Waals surface area contributed by atoms with Crippen molar-refractivity contribution >= 4 is 27.6 Å². The Morgan fingerprint density at radius 2 is 1.53 bits per heavy atom. The zero-order chi connectivity index (χ0) is 22.1. The largest absolute Gasteiger partial charge is 0.352 e. The van der Waals surface area contributed by atoms with E-state index in [1.54, 1.807) is 24.3 Å². The Morgan fingerprint density at radius 1 is 0.933 bits per heavy atom. The molecule has 4 N–H and O–H groups in total. The number of urea groups is 1. The van der Waals surface area contributed by atoms with Gasteiger partial charge < -0.3 is 16.0 Å². The molecule has 0 aliphatic heterocycles. The molecular formula is C21H28N4O4S. The minimum absolute atomic E-state index is 0.0545. The number of hydrogen-bond acceptors (Lipinski definition) is 4. The number of carbonyl (C=O) groups is 2. The van der Waals surface area contributed by atoms with Gasteiger partial charge in [0.05, 0.1) is 4.90 Å². The lowest BCUT2D eigenvalue weighted by molar-refractivity contribution is -0.121. The Labute approximate surface area is 177 Å². The second-order valence-corrected chi connectivity index (χ2v) is 8.96. The number of sulfonamides is 1. The van der Waals surface area contributed by atoms with Gasteiger partial charge in [0.2, 0.25) is 15.9 Å². The zero-order valence-corrected chi connectivity index (χ0v) is 18.2. The van der Waals surface area contributed by atoms with E-state index in [0.717, 1.165) is 11.1 Å². The molecule has 0 heterocycles. The summed E-state index contributed by atoms with van der Waals surface area (Å²) >= 11 is 0. The molecule has 2 rings (SSSR count). The molecule has 2 aromatic carbocycles. The number of rotatable bonds is 9. The normalized spacial score (nSPS) is 11.2. The number of hydrogen-bond donors (Lipinski definition) is 4. The first-order valence-corrected chi connectivity index (χ1v) is 11.1. The third kappa shape index (κ3) is 7.49. The summed E-state index contributed by atoms with van der Waals surface area (Å²) in [6.45, 7) is 4.15. The summed E-state index contributed by atoms with van der Waals surface area (Å²) in [7, 11) is -2.09.